The molecular weight excluding hydrogens is 132 g/mol. The monoisotopic (exact) mass is 150 g/mol. The molecule has 0 unspecified atom stereocenters. The van der Waals surface area contributed by atoms with Crippen LogP contribution in [0.5, 0.6) is 0 Å². The van der Waals surface area contributed by atoms with Crippen molar-refractivity contribution >= 4 is 0 Å². The summed E-state index contributed by atoms with van der Waals surface area (Å²) in [6.07, 6.45) is 13.0. The lowest BCUT2D eigenvalue weighted by Crippen LogP contribution is -1.63. The quantitative estimate of drug-likeness (QED) is 0.534. The van der Waals surface area contributed by atoms with Crippen LogP contribution in [-0.2, 0) is 0 Å². The van der Waals surface area contributed by atoms with Gasteiger partial charge in [0.1, 0.15) is 0 Å². The van der Waals surface area contributed by atoms with Crippen molar-refractivity contribution in [2.45, 2.75) is 33.6 Å². The Morgan fingerprint density at radius 2 is 2.00 bits per heavy atom. The normalized spacial score (nSPS) is 13.5. The van der Waals surface area contributed by atoms with E-state index < -0.39 is 0 Å². The van der Waals surface area contributed by atoms with Gasteiger partial charge in [0, 0.05) is 0 Å². The Morgan fingerprint density at radius 3 is 2.55 bits per heavy atom. The molecule has 0 radical (unpaired) electrons. The molecule has 0 aromatic carbocycles. The zero-order valence-corrected chi connectivity index (χ0v) is 7.80. The second kappa shape index (κ2) is 7.33. The second-order valence-corrected chi connectivity index (χ2v) is 2.61. The molecule has 0 fully saturated rings. The van der Waals surface area contributed by atoms with Gasteiger partial charge in [-0.3, -0.25) is 0 Å². The van der Waals surface area contributed by atoms with E-state index in [2.05, 4.69) is 51.2 Å². The van der Waals surface area contributed by atoms with Gasteiger partial charge >= 0.3 is 0 Å². The standard InChI is InChI=1S/C11H18/c1-4-6-7-8-9-10-11(3)5-2/h5,7-10H,4,6H2,1-3H3/b8-7-,10-9-,11-5+. The molecule has 0 bridgehead atoms. The summed E-state index contributed by atoms with van der Waals surface area (Å²) >= 11 is 0. The summed E-state index contributed by atoms with van der Waals surface area (Å²) in [5.41, 5.74) is 1.31. The highest BCUT2D eigenvalue weighted by Gasteiger charge is 1.73. The molecule has 0 rings (SSSR count). The number of hydrogen-bond donors (Lipinski definition) is 0. The van der Waals surface area contributed by atoms with Crippen molar-refractivity contribution < 1.29 is 0 Å². The van der Waals surface area contributed by atoms with Crippen molar-refractivity contribution in [3.05, 3.63) is 36.0 Å². The topological polar surface area (TPSA) is 0 Å². The summed E-state index contributed by atoms with van der Waals surface area (Å²) < 4.78 is 0. The minimum absolute atomic E-state index is 1.18. The van der Waals surface area contributed by atoms with Crippen LogP contribution in [0.1, 0.15) is 33.6 Å². The molecule has 62 valence electrons. The van der Waals surface area contributed by atoms with Crippen molar-refractivity contribution in [1.82, 2.24) is 0 Å². The number of rotatable bonds is 4. The summed E-state index contributed by atoms with van der Waals surface area (Å²) in [5, 5.41) is 0. The van der Waals surface area contributed by atoms with Crippen LogP contribution in [0.25, 0.3) is 0 Å². The van der Waals surface area contributed by atoms with Crippen molar-refractivity contribution in [3.63, 3.8) is 0 Å². The van der Waals surface area contributed by atoms with Gasteiger partial charge in [-0.05, 0) is 20.3 Å². The van der Waals surface area contributed by atoms with Crippen molar-refractivity contribution in [2.24, 2.45) is 0 Å². The van der Waals surface area contributed by atoms with Crippen LogP contribution >= 0.6 is 0 Å². The van der Waals surface area contributed by atoms with Gasteiger partial charge in [0.15, 0.2) is 0 Å². The predicted molar refractivity (Wildman–Crippen MR) is 52.6 cm³/mol. The first-order valence-corrected chi connectivity index (χ1v) is 4.27. The van der Waals surface area contributed by atoms with Crippen LogP contribution in [0.15, 0.2) is 36.0 Å². The molecule has 0 aliphatic rings. The van der Waals surface area contributed by atoms with Gasteiger partial charge in [0.2, 0.25) is 0 Å². The minimum Gasteiger partial charge on any atom is -0.0847 e. The molecule has 0 aliphatic carbocycles. The molecule has 0 aromatic heterocycles. The summed E-state index contributed by atoms with van der Waals surface area (Å²) in [6.45, 7) is 6.34. The summed E-state index contributed by atoms with van der Waals surface area (Å²) in [4.78, 5) is 0. The van der Waals surface area contributed by atoms with Crippen molar-refractivity contribution in [3.8, 4) is 0 Å². The molecule has 0 aromatic rings. The molecule has 0 spiro atoms. The maximum absolute atomic E-state index is 2.19. The predicted octanol–water partition coefficient (Wildman–Crippen LogP) is 3.87. The van der Waals surface area contributed by atoms with E-state index in [0.29, 0.717) is 0 Å². The first-order valence-electron chi connectivity index (χ1n) is 4.27. The van der Waals surface area contributed by atoms with Crippen LogP contribution < -0.4 is 0 Å². The van der Waals surface area contributed by atoms with Gasteiger partial charge in [-0.2, -0.15) is 0 Å². The van der Waals surface area contributed by atoms with E-state index in [9.17, 15) is 0 Å². The minimum atomic E-state index is 1.18. The fourth-order valence-electron chi connectivity index (χ4n) is 0.645. The smallest absolute Gasteiger partial charge is 0.0350 e. The van der Waals surface area contributed by atoms with Gasteiger partial charge in [0.25, 0.3) is 0 Å². The molecule has 0 heterocycles. The summed E-state index contributed by atoms with van der Waals surface area (Å²) in [7, 11) is 0. The first-order chi connectivity index (χ1) is 5.31. The molecule has 0 nitrogen and oxygen atoms in total. The molecule has 0 amide bonds. The Labute approximate surface area is 70.3 Å². The molecule has 0 heteroatoms. The largest absolute Gasteiger partial charge is 0.0847 e. The molecule has 11 heavy (non-hydrogen) atoms. The third kappa shape index (κ3) is 7.11. The van der Waals surface area contributed by atoms with Crippen LogP contribution in [0.3, 0.4) is 0 Å². The van der Waals surface area contributed by atoms with E-state index in [1.807, 2.05) is 0 Å². The van der Waals surface area contributed by atoms with Crippen LogP contribution in [-0.4, -0.2) is 0 Å². The third-order valence-electron chi connectivity index (χ3n) is 1.52. The summed E-state index contributed by atoms with van der Waals surface area (Å²) in [5.74, 6) is 0. The Bertz CT molecular complexity index is 159. The van der Waals surface area contributed by atoms with Gasteiger partial charge in [0.05, 0.1) is 0 Å². The lowest BCUT2D eigenvalue weighted by molar-refractivity contribution is 0.959. The highest BCUT2D eigenvalue weighted by Crippen LogP contribution is 1.94. The number of allylic oxidation sites excluding steroid dienone is 6. The van der Waals surface area contributed by atoms with E-state index in [-0.39, 0.29) is 0 Å². The zero-order chi connectivity index (χ0) is 8.53. The maximum atomic E-state index is 2.19. The van der Waals surface area contributed by atoms with Gasteiger partial charge in [-0.15, -0.1) is 0 Å². The molecule has 0 aliphatic heterocycles. The fourth-order valence-corrected chi connectivity index (χ4v) is 0.645. The van der Waals surface area contributed by atoms with Gasteiger partial charge in [-0.1, -0.05) is 49.3 Å². The Morgan fingerprint density at radius 1 is 1.27 bits per heavy atom. The SMILES string of the molecule is C/C=C(C)/C=C\C=C/CCC. The fraction of sp³-hybridized carbons (Fsp3) is 0.455. The number of unbranched alkanes of at least 4 members (excludes halogenated alkanes) is 1. The Kier molecular flexibility index (Phi) is 6.81. The van der Waals surface area contributed by atoms with E-state index in [4.69, 9.17) is 0 Å². The van der Waals surface area contributed by atoms with E-state index in [0.717, 1.165) is 0 Å². The average molecular weight is 150 g/mol. The van der Waals surface area contributed by atoms with E-state index in [1.165, 1.54) is 18.4 Å². The van der Waals surface area contributed by atoms with Gasteiger partial charge in [-0.25, -0.2) is 0 Å². The highest BCUT2D eigenvalue weighted by molar-refractivity contribution is 5.19. The molecule has 0 atom stereocenters. The number of hydrogen-bond acceptors (Lipinski definition) is 0. The molecule has 0 saturated heterocycles. The van der Waals surface area contributed by atoms with Crippen molar-refractivity contribution in [1.29, 1.82) is 0 Å². The molecule has 0 saturated carbocycles. The molecule has 0 N–H and O–H groups in total. The van der Waals surface area contributed by atoms with Gasteiger partial charge < -0.3 is 0 Å². The molecular formula is C11H18. The van der Waals surface area contributed by atoms with Crippen molar-refractivity contribution in [2.75, 3.05) is 0 Å². The van der Waals surface area contributed by atoms with E-state index in [1.54, 1.807) is 0 Å². The summed E-state index contributed by atoms with van der Waals surface area (Å²) in [6, 6.07) is 0. The third-order valence-corrected chi connectivity index (χ3v) is 1.52. The van der Waals surface area contributed by atoms with Crippen LogP contribution in [0, 0.1) is 0 Å². The van der Waals surface area contributed by atoms with E-state index >= 15 is 0 Å². The Balaban J connectivity index is 3.59. The lowest BCUT2D eigenvalue weighted by Gasteiger charge is -1.84. The van der Waals surface area contributed by atoms with Crippen LogP contribution in [0.2, 0.25) is 0 Å². The first kappa shape index (κ1) is 10.2. The average Bonchev–Trinajstić information content (AvgIpc) is 2.04. The lowest BCUT2D eigenvalue weighted by atomic mass is 10.2. The maximum Gasteiger partial charge on any atom is -0.0350 e. The zero-order valence-electron chi connectivity index (χ0n) is 7.80. The highest BCUT2D eigenvalue weighted by atomic mass is 13.8. The van der Waals surface area contributed by atoms with Crippen LogP contribution in [0.4, 0.5) is 0 Å². The second-order valence-electron chi connectivity index (χ2n) is 2.61. The Hall–Kier alpha value is -0.780.